The third-order valence-corrected chi connectivity index (χ3v) is 4.89. The largest absolute Gasteiger partial charge is 0.260 e. The summed E-state index contributed by atoms with van der Waals surface area (Å²) in [6.45, 7) is 6.10. The van der Waals surface area contributed by atoms with Gasteiger partial charge < -0.3 is 0 Å². The van der Waals surface area contributed by atoms with E-state index >= 15 is 0 Å². The van der Waals surface area contributed by atoms with Crippen LogP contribution in [0.25, 0.3) is 10.2 Å². The van der Waals surface area contributed by atoms with Crippen molar-refractivity contribution in [1.82, 2.24) is 9.97 Å². The fraction of sp³-hybridized carbons (Fsp3) is 0.188. The molecule has 1 aromatic carbocycles. The van der Waals surface area contributed by atoms with Crippen molar-refractivity contribution in [3.8, 4) is 0 Å². The second-order valence-corrected chi connectivity index (χ2v) is 6.64. The molecule has 0 atom stereocenters. The molecule has 0 saturated carbocycles. The number of hydrogen-bond acceptors (Lipinski definition) is 5. The summed E-state index contributed by atoms with van der Waals surface area (Å²) in [6.07, 6.45) is 1.56. The monoisotopic (exact) mass is 330 g/mol. The minimum absolute atomic E-state index is 0.695. The van der Waals surface area contributed by atoms with E-state index in [0.717, 1.165) is 27.3 Å². The molecular weight excluding hydrogens is 316 g/mol. The number of hydrazone groups is 1. The molecule has 6 heteroatoms. The van der Waals surface area contributed by atoms with E-state index in [1.54, 1.807) is 17.7 Å². The highest BCUT2D eigenvalue weighted by Gasteiger charge is 2.11. The predicted octanol–water partition coefficient (Wildman–Crippen LogP) is 4.80. The Hall–Kier alpha value is -1.98. The first-order valence-electron chi connectivity index (χ1n) is 6.83. The maximum atomic E-state index is 6.01. The van der Waals surface area contributed by atoms with Crippen molar-refractivity contribution >= 4 is 44.7 Å². The Morgan fingerprint density at radius 2 is 2.09 bits per heavy atom. The molecule has 3 aromatic rings. The number of fused-ring (bicyclic) bond motifs is 1. The number of rotatable bonds is 3. The molecule has 0 aliphatic rings. The summed E-state index contributed by atoms with van der Waals surface area (Å²) in [5, 5.41) is 6.16. The third kappa shape index (κ3) is 2.82. The number of nitrogens with zero attached hydrogens (tertiary/aromatic N) is 3. The van der Waals surface area contributed by atoms with E-state index < -0.39 is 0 Å². The first kappa shape index (κ1) is 14.9. The molecule has 0 fully saturated rings. The van der Waals surface area contributed by atoms with Gasteiger partial charge in [-0.2, -0.15) is 5.10 Å². The molecule has 4 nitrogen and oxygen atoms in total. The van der Waals surface area contributed by atoms with Gasteiger partial charge in [0.05, 0.1) is 11.1 Å². The topological polar surface area (TPSA) is 50.2 Å². The van der Waals surface area contributed by atoms with Crippen molar-refractivity contribution in [3.05, 3.63) is 51.6 Å². The molecule has 0 bridgehead atoms. The van der Waals surface area contributed by atoms with Crippen molar-refractivity contribution in [2.24, 2.45) is 5.10 Å². The number of thiophene rings is 1. The van der Waals surface area contributed by atoms with Crippen molar-refractivity contribution in [3.63, 3.8) is 0 Å². The van der Waals surface area contributed by atoms with Crippen LogP contribution in [-0.2, 0) is 0 Å². The normalized spacial score (nSPS) is 11.9. The molecule has 0 aliphatic heterocycles. The number of aryl methyl sites for hydroxylation is 2. The summed E-state index contributed by atoms with van der Waals surface area (Å²) < 4.78 is 0. The molecule has 0 saturated heterocycles. The molecule has 0 radical (unpaired) electrons. The average molecular weight is 331 g/mol. The van der Waals surface area contributed by atoms with Gasteiger partial charge in [-0.25, -0.2) is 9.97 Å². The van der Waals surface area contributed by atoms with Crippen molar-refractivity contribution in [2.45, 2.75) is 20.8 Å². The zero-order valence-electron chi connectivity index (χ0n) is 12.5. The molecule has 0 unspecified atom stereocenters. The zero-order valence-corrected chi connectivity index (χ0v) is 14.1. The maximum absolute atomic E-state index is 6.01. The lowest BCUT2D eigenvalue weighted by Gasteiger charge is -2.05. The zero-order chi connectivity index (χ0) is 15.7. The summed E-state index contributed by atoms with van der Waals surface area (Å²) in [6, 6.07) is 7.61. The van der Waals surface area contributed by atoms with E-state index in [1.807, 2.05) is 31.2 Å². The van der Waals surface area contributed by atoms with E-state index in [9.17, 15) is 0 Å². The first-order chi connectivity index (χ1) is 10.6. The van der Waals surface area contributed by atoms with Gasteiger partial charge in [-0.3, -0.25) is 5.43 Å². The molecular formula is C16H15ClN4S. The molecule has 1 N–H and O–H groups in total. The molecule has 0 amide bonds. The standard InChI is InChI=1S/C16H15ClN4S/c1-9-11(3)22-16-14(9)15(18-8-19-16)21-20-10(2)12-5-4-6-13(17)7-12/h4-8H,1-3H3,(H,18,19,21)/b20-10-. The Balaban J connectivity index is 1.95. The van der Waals surface area contributed by atoms with Gasteiger partial charge in [-0.1, -0.05) is 23.7 Å². The summed E-state index contributed by atoms with van der Waals surface area (Å²) in [4.78, 5) is 10.9. The Labute approximate surface area is 137 Å². The average Bonchev–Trinajstić information content (AvgIpc) is 2.80. The molecule has 2 heterocycles. The van der Waals surface area contributed by atoms with Crippen LogP contribution in [0.5, 0.6) is 0 Å². The quantitative estimate of drug-likeness (QED) is 0.554. The van der Waals surface area contributed by atoms with Crippen LogP contribution in [0.1, 0.15) is 22.9 Å². The van der Waals surface area contributed by atoms with Crippen molar-refractivity contribution in [1.29, 1.82) is 0 Å². The number of anilines is 1. The lowest BCUT2D eigenvalue weighted by atomic mass is 10.1. The SMILES string of the molecule is C/C(=N/Nc1ncnc2sc(C)c(C)c12)c1cccc(Cl)c1. The smallest absolute Gasteiger partial charge is 0.158 e. The van der Waals surface area contributed by atoms with E-state index in [4.69, 9.17) is 11.6 Å². The van der Waals surface area contributed by atoms with Gasteiger partial charge in [0.25, 0.3) is 0 Å². The summed E-state index contributed by atoms with van der Waals surface area (Å²) >= 11 is 7.68. The highest BCUT2D eigenvalue weighted by molar-refractivity contribution is 7.18. The maximum Gasteiger partial charge on any atom is 0.158 e. The van der Waals surface area contributed by atoms with E-state index in [0.29, 0.717) is 5.02 Å². The van der Waals surface area contributed by atoms with E-state index in [1.165, 1.54) is 10.4 Å². The van der Waals surface area contributed by atoms with Crippen LogP contribution in [0.3, 0.4) is 0 Å². The van der Waals surface area contributed by atoms with Crippen LogP contribution in [0.15, 0.2) is 35.7 Å². The van der Waals surface area contributed by atoms with E-state index in [-0.39, 0.29) is 0 Å². The number of aromatic nitrogens is 2. The third-order valence-electron chi connectivity index (χ3n) is 3.54. The second kappa shape index (κ2) is 6.02. The van der Waals surface area contributed by atoms with E-state index in [2.05, 4.69) is 34.3 Å². The lowest BCUT2D eigenvalue weighted by Crippen LogP contribution is -2.01. The summed E-state index contributed by atoms with van der Waals surface area (Å²) in [5.74, 6) is 0.730. The molecule has 3 rings (SSSR count). The second-order valence-electron chi connectivity index (χ2n) is 5.01. The number of nitrogens with one attached hydrogen (secondary N) is 1. The predicted molar refractivity (Wildman–Crippen MR) is 94.2 cm³/mol. The fourth-order valence-corrected chi connectivity index (χ4v) is 3.37. The Morgan fingerprint density at radius 1 is 1.27 bits per heavy atom. The summed E-state index contributed by atoms with van der Waals surface area (Å²) in [5.41, 5.74) is 6.07. The number of halogens is 1. The van der Waals surface area contributed by atoms with Crippen LogP contribution < -0.4 is 5.43 Å². The number of hydrogen-bond donors (Lipinski definition) is 1. The van der Waals surface area contributed by atoms with Crippen LogP contribution >= 0.6 is 22.9 Å². The Kier molecular flexibility index (Phi) is 4.09. The first-order valence-corrected chi connectivity index (χ1v) is 8.02. The van der Waals surface area contributed by atoms with Gasteiger partial charge in [0.2, 0.25) is 0 Å². The van der Waals surface area contributed by atoms with Gasteiger partial charge in [0.1, 0.15) is 11.2 Å². The Bertz CT molecular complexity index is 870. The molecule has 0 spiro atoms. The minimum atomic E-state index is 0.695. The molecule has 2 aromatic heterocycles. The lowest BCUT2D eigenvalue weighted by molar-refractivity contribution is 1.18. The van der Waals surface area contributed by atoms with Crippen LogP contribution in [0.4, 0.5) is 5.82 Å². The van der Waals surface area contributed by atoms with Crippen molar-refractivity contribution in [2.75, 3.05) is 5.43 Å². The van der Waals surface area contributed by atoms with Gasteiger partial charge in [0, 0.05) is 9.90 Å². The molecule has 0 aliphatic carbocycles. The summed E-state index contributed by atoms with van der Waals surface area (Å²) in [7, 11) is 0. The molecule has 22 heavy (non-hydrogen) atoms. The Morgan fingerprint density at radius 3 is 2.86 bits per heavy atom. The van der Waals surface area contributed by atoms with Crippen molar-refractivity contribution < 1.29 is 0 Å². The minimum Gasteiger partial charge on any atom is -0.260 e. The van der Waals surface area contributed by atoms with Gasteiger partial charge in [-0.15, -0.1) is 11.3 Å². The highest BCUT2D eigenvalue weighted by Crippen LogP contribution is 2.32. The highest BCUT2D eigenvalue weighted by atomic mass is 35.5. The van der Waals surface area contributed by atoms with Crippen LogP contribution in [0, 0.1) is 13.8 Å². The molecule has 112 valence electrons. The fourth-order valence-electron chi connectivity index (χ4n) is 2.18. The van der Waals surface area contributed by atoms with Crippen LogP contribution in [0.2, 0.25) is 5.02 Å². The van der Waals surface area contributed by atoms with Gasteiger partial charge >= 0.3 is 0 Å². The van der Waals surface area contributed by atoms with Crippen LogP contribution in [-0.4, -0.2) is 15.7 Å². The number of benzene rings is 1. The van der Waals surface area contributed by atoms with Gasteiger partial charge in [-0.05, 0) is 44.0 Å². The van der Waals surface area contributed by atoms with Gasteiger partial charge in [0.15, 0.2) is 5.82 Å².